The van der Waals surface area contributed by atoms with Crippen LogP contribution in [0.2, 0.25) is 0 Å². The number of aryl methyl sites for hydroxylation is 1. The maximum Gasteiger partial charge on any atom is 0.196 e. The SMILES string of the molecule is O=Cc1ccc(Sc2nnc3n2CCCCC3)s1. The van der Waals surface area contributed by atoms with Gasteiger partial charge in [0, 0.05) is 13.0 Å². The van der Waals surface area contributed by atoms with Gasteiger partial charge in [0.05, 0.1) is 9.09 Å². The van der Waals surface area contributed by atoms with Gasteiger partial charge in [-0.05, 0) is 36.7 Å². The third-order valence-corrected chi connectivity index (χ3v) is 5.11. The molecule has 2 aromatic heterocycles. The number of fused-ring (bicyclic) bond motifs is 1. The number of carbonyl (C=O) groups is 1. The van der Waals surface area contributed by atoms with Crippen molar-refractivity contribution in [2.24, 2.45) is 0 Å². The fourth-order valence-electron chi connectivity index (χ4n) is 2.08. The monoisotopic (exact) mass is 279 g/mol. The minimum Gasteiger partial charge on any atom is -0.306 e. The third-order valence-electron chi connectivity index (χ3n) is 2.99. The van der Waals surface area contributed by atoms with Crippen molar-refractivity contribution < 1.29 is 4.79 Å². The van der Waals surface area contributed by atoms with Crippen molar-refractivity contribution in [3.8, 4) is 0 Å². The molecule has 0 radical (unpaired) electrons. The fourth-order valence-corrected chi connectivity index (χ4v) is 4.01. The van der Waals surface area contributed by atoms with Crippen LogP contribution in [0.3, 0.4) is 0 Å². The molecule has 3 rings (SSSR count). The molecule has 0 atom stereocenters. The van der Waals surface area contributed by atoms with Gasteiger partial charge in [-0.15, -0.1) is 21.5 Å². The minimum atomic E-state index is 0.758. The maximum atomic E-state index is 10.7. The largest absolute Gasteiger partial charge is 0.306 e. The van der Waals surface area contributed by atoms with E-state index >= 15 is 0 Å². The first kappa shape index (κ1) is 11.9. The topological polar surface area (TPSA) is 47.8 Å². The number of thiophene rings is 1. The van der Waals surface area contributed by atoms with E-state index in [1.54, 1.807) is 11.8 Å². The van der Waals surface area contributed by atoms with Crippen molar-refractivity contribution in [3.63, 3.8) is 0 Å². The summed E-state index contributed by atoms with van der Waals surface area (Å²) in [4.78, 5) is 11.4. The Morgan fingerprint density at radius 3 is 3.06 bits per heavy atom. The van der Waals surface area contributed by atoms with Crippen molar-refractivity contribution >= 4 is 29.4 Å². The number of nitrogens with zero attached hydrogens (tertiary/aromatic N) is 3. The lowest BCUT2D eigenvalue weighted by Crippen LogP contribution is -2.01. The molecule has 0 amide bonds. The first-order chi connectivity index (χ1) is 8.86. The number of aromatic nitrogens is 3. The van der Waals surface area contributed by atoms with E-state index in [2.05, 4.69) is 14.8 Å². The van der Waals surface area contributed by atoms with Crippen LogP contribution >= 0.6 is 23.1 Å². The van der Waals surface area contributed by atoms with E-state index in [0.29, 0.717) is 0 Å². The molecule has 0 bridgehead atoms. The number of hydrogen-bond acceptors (Lipinski definition) is 5. The minimum absolute atomic E-state index is 0.758. The van der Waals surface area contributed by atoms with Crippen LogP contribution in [0.4, 0.5) is 0 Å². The molecule has 3 heterocycles. The average Bonchev–Trinajstić information content (AvgIpc) is 2.91. The van der Waals surface area contributed by atoms with Crippen LogP contribution < -0.4 is 0 Å². The number of aldehydes is 1. The summed E-state index contributed by atoms with van der Waals surface area (Å²) in [7, 11) is 0. The molecule has 2 aromatic rings. The maximum absolute atomic E-state index is 10.7. The molecule has 0 fully saturated rings. The summed E-state index contributed by atoms with van der Waals surface area (Å²) in [6.45, 7) is 1.01. The third kappa shape index (κ3) is 2.35. The Kier molecular flexibility index (Phi) is 3.47. The second-order valence-electron chi connectivity index (χ2n) is 4.24. The van der Waals surface area contributed by atoms with Crippen LogP contribution in [0.25, 0.3) is 0 Å². The summed E-state index contributed by atoms with van der Waals surface area (Å²) in [5.41, 5.74) is 0. The Hall–Kier alpha value is -1.14. The summed E-state index contributed by atoms with van der Waals surface area (Å²) in [5.74, 6) is 1.10. The van der Waals surface area contributed by atoms with Crippen LogP contribution in [0.15, 0.2) is 21.5 Å². The molecule has 6 heteroatoms. The zero-order chi connectivity index (χ0) is 12.4. The number of carbonyl (C=O) groups excluding carboxylic acids is 1. The highest BCUT2D eigenvalue weighted by Gasteiger charge is 2.16. The molecule has 1 aliphatic heterocycles. The van der Waals surface area contributed by atoms with E-state index in [1.165, 1.54) is 30.6 Å². The molecule has 0 N–H and O–H groups in total. The van der Waals surface area contributed by atoms with Gasteiger partial charge in [0.1, 0.15) is 5.82 Å². The van der Waals surface area contributed by atoms with Crippen molar-refractivity contribution in [2.75, 3.05) is 0 Å². The Morgan fingerprint density at radius 2 is 2.22 bits per heavy atom. The van der Waals surface area contributed by atoms with E-state index in [-0.39, 0.29) is 0 Å². The van der Waals surface area contributed by atoms with Crippen molar-refractivity contribution in [2.45, 2.75) is 41.6 Å². The summed E-state index contributed by atoms with van der Waals surface area (Å²) in [6.07, 6.45) is 5.58. The zero-order valence-electron chi connectivity index (χ0n) is 9.83. The molecular formula is C12H13N3OS2. The summed E-state index contributed by atoms with van der Waals surface area (Å²) in [6, 6.07) is 3.82. The van der Waals surface area contributed by atoms with Crippen molar-refractivity contribution in [1.82, 2.24) is 14.8 Å². The molecule has 18 heavy (non-hydrogen) atoms. The van der Waals surface area contributed by atoms with Gasteiger partial charge in [-0.25, -0.2) is 0 Å². The van der Waals surface area contributed by atoms with E-state index in [1.807, 2.05) is 12.1 Å². The van der Waals surface area contributed by atoms with E-state index in [0.717, 1.165) is 39.3 Å². The lowest BCUT2D eigenvalue weighted by molar-refractivity contribution is 0.112. The van der Waals surface area contributed by atoms with Gasteiger partial charge < -0.3 is 4.57 Å². The van der Waals surface area contributed by atoms with Crippen LogP contribution in [0.5, 0.6) is 0 Å². The summed E-state index contributed by atoms with van der Waals surface area (Å²) >= 11 is 3.10. The quantitative estimate of drug-likeness (QED) is 0.810. The molecule has 0 saturated carbocycles. The van der Waals surface area contributed by atoms with Gasteiger partial charge in [-0.1, -0.05) is 6.42 Å². The standard InChI is InChI=1S/C12H13N3OS2/c16-8-9-5-6-11(17-9)18-12-14-13-10-4-2-1-3-7-15(10)12/h5-6,8H,1-4,7H2. The Labute approximate surface area is 113 Å². The predicted octanol–water partition coefficient (Wildman–Crippen LogP) is 3.03. The van der Waals surface area contributed by atoms with Gasteiger partial charge in [-0.2, -0.15) is 0 Å². The molecule has 4 nitrogen and oxygen atoms in total. The first-order valence-electron chi connectivity index (χ1n) is 6.02. The smallest absolute Gasteiger partial charge is 0.196 e. The Morgan fingerprint density at radius 1 is 1.28 bits per heavy atom. The van der Waals surface area contributed by atoms with Gasteiger partial charge in [-0.3, -0.25) is 4.79 Å². The highest BCUT2D eigenvalue weighted by Crippen LogP contribution is 2.33. The molecule has 0 aromatic carbocycles. The van der Waals surface area contributed by atoms with Crippen molar-refractivity contribution in [3.05, 3.63) is 22.8 Å². The van der Waals surface area contributed by atoms with Gasteiger partial charge in [0.2, 0.25) is 0 Å². The molecule has 0 saturated heterocycles. The normalized spacial score (nSPS) is 15.1. The highest BCUT2D eigenvalue weighted by atomic mass is 32.2. The second-order valence-corrected chi connectivity index (χ2v) is 6.62. The van der Waals surface area contributed by atoms with Gasteiger partial charge in [0.25, 0.3) is 0 Å². The average molecular weight is 279 g/mol. The fraction of sp³-hybridized carbons (Fsp3) is 0.417. The lowest BCUT2D eigenvalue weighted by atomic mass is 10.2. The summed E-state index contributed by atoms with van der Waals surface area (Å²) < 4.78 is 3.31. The van der Waals surface area contributed by atoms with Crippen LogP contribution in [-0.4, -0.2) is 21.1 Å². The highest BCUT2D eigenvalue weighted by molar-refractivity contribution is 8.01. The predicted molar refractivity (Wildman–Crippen MR) is 71.4 cm³/mol. The first-order valence-corrected chi connectivity index (χ1v) is 7.65. The van der Waals surface area contributed by atoms with Crippen molar-refractivity contribution in [1.29, 1.82) is 0 Å². The molecule has 0 aliphatic carbocycles. The lowest BCUT2D eigenvalue weighted by Gasteiger charge is -2.04. The van der Waals surface area contributed by atoms with Gasteiger partial charge in [0.15, 0.2) is 11.4 Å². The molecular weight excluding hydrogens is 266 g/mol. The second kappa shape index (κ2) is 5.24. The van der Waals surface area contributed by atoms with Gasteiger partial charge >= 0.3 is 0 Å². The molecule has 0 unspecified atom stereocenters. The molecule has 1 aliphatic rings. The van der Waals surface area contributed by atoms with Crippen LogP contribution in [-0.2, 0) is 13.0 Å². The number of hydrogen-bond donors (Lipinski definition) is 0. The Bertz CT molecular complexity index is 561. The molecule has 94 valence electrons. The van der Waals surface area contributed by atoms with E-state index in [4.69, 9.17) is 0 Å². The number of rotatable bonds is 3. The Balaban J connectivity index is 1.84. The van der Waals surface area contributed by atoms with E-state index < -0.39 is 0 Å². The molecule has 0 spiro atoms. The van der Waals surface area contributed by atoms with Crippen LogP contribution in [0, 0.1) is 0 Å². The van der Waals surface area contributed by atoms with Crippen LogP contribution in [0.1, 0.15) is 34.8 Å². The van der Waals surface area contributed by atoms with E-state index in [9.17, 15) is 4.79 Å². The summed E-state index contributed by atoms with van der Waals surface area (Å²) in [5, 5.41) is 9.48. The zero-order valence-corrected chi connectivity index (χ0v) is 11.5.